The third-order valence-corrected chi connectivity index (χ3v) is 5.57. The molecule has 0 bridgehead atoms. The van der Waals surface area contributed by atoms with E-state index in [9.17, 15) is 8.42 Å². The van der Waals surface area contributed by atoms with Gasteiger partial charge < -0.3 is 14.2 Å². The summed E-state index contributed by atoms with van der Waals surface area (Å²) >= 11 is 0. The zero-order chi connectivity index (χ0) is 15.7. The Morgan fingerprint density at radius 3 is 2.36 bits per heavy atom. The zero-order valence-corrected chi connectivity index (χ0v) is 13.6. The summed E-state index contributed by atoms with van der Waals surface area (Å²) in [5.41, 5.74) is 0. The molecule has 0 N–H and O–H groups in total. The van der Waals surface area contributed by atoms with Crippen molar-refractivity contribution in [3.63, 3.8) is 0 Å². The van der Waals surface area contributed by atoms with Gasteiger partial charge in [0.05, 0.1) is 30.3 Å². The minimum absolute atomic E-state index is 0.112. The number of hydrogen-bond donors (Lipinski definition) is 0. The number of rotatable bonds is 2. The van der Waals surface area contributed by atoms with Crippen molar-refractivity contribution >= 4 is 10.0 Å². The minimum atomic E-state index is -3.56. The molecule has 1 aromatic carbocycles. The highest BCUT2D eigenvalue weighted by Gasteiger charge is 2.32. The van der Waals surface area contributed by atoms with Crippen LogP contribution in [0.15, 0.2) is 23.1 Å². The van der Waals surface area contributed by atoms with E-state index in [1.165, 1.54) is 4.31 Å². The van der Waals surface area contributed by atoms with Crippen LogP contribution in [0.3, 0.4) is 0 Å². The molecule has 1 saturated heterocycles. The number of nitrogens with zero attached hydrogens (tertiary/aromatic N) is 1. The number of hydrogen-bond acceptors (Lipinski definition) is 5. The van der Waals surface area contributed by atoms with Gasteiger partial charge in [-0.05, 0) is 26.0 Å². The van der Waals surface area contributed by atoms with Crippen LogP contribution in [0, 0.1) is 0 Å². The van der Waals surface area contributed by atoms with Gasteiger partial charge in [0.15, 0.2) is 11.5 Å². The average molecular weight is 327 g/mol. The van der Waals surface area contributed by atoms with Crippen LogP contribution in [-0.2, 0) is 14.8 Å². The summed E-state index contributed by atoms with van der Waals surface area (Å²) in [6.45, 7) is 5.60. The SMILES string of the molecule is CC1CN(S(=O)(=O)c2ccc3c(c2)OCCCO3)CC(C)O1. The van der Waals surface area contributed by atoms with E-state index in [0.717, 1.165) is 6.42 Å². The quantitative estimate of drug-likeness (QED) is 0.826. The van der Waals surface area contributed by atoms with E-state index in [1.54, 1.807) is 18.2 Å². The van der Waals surface area contributed by atoms with E-state index in [1.807, 2.05) is 13.8 Å². The molecule has 0 aromatic heterocycles. The lowest BCUT2D eigenvalue weighted by molar-refractivity contribution is -0.0440. The van der Waals surface area contributed by atoms with Gasteiger partial charge in [-0.1, -0.05) is 0 Å². The summed E-state index contributed by atoms with van der Waals surface area (Å²) in [4.78, 5) is 0.234. The second kappa shape index (κ2) is 6.06. The lowest BCUT2D eigenvalue weighted by Crippen LogP contribution is -2.48. The first-order valence-corrected chi connectivity index (χ1v) is 8.96. The second-order valence-electron chi connectivity index (χ2n) is 5.74. The standard InChI is InChI=1S/C15H21NO5S/c1-11-9-16(10-12(2)21-11)22(17,18)13-4-5-14-15(8-13)20-7-3-6-19-14/h4-5,8,11-12H,3,6-7,9-10H2,1-2H3. The maximum atomic E-state index is 12.8. The fourth-order valence-corrected chi connectivity index (χ4v) is 4.39. The van der Waals surface area contributed by atoms with Crippen molar-refractivity contribution in [1.29, 1.82) is 0 Å². The second-order valence-corrected chi connectivity index (χ2v) is 7.68. The highest BCUT2D eigenvalue weighted by molar-refractivity contribution is 7.89. The minimum Gasteiger partial charge on any atom is -0.490 e. The lowest BCUT2D eigenvalue weighted by Gasteiger charge is -2.34. The summed E-state index contributed by atoms with van der Waals surface area (Å²) in [6, 6.07) is 4.80. The molecular formula is C15H21NO5S. The molecule has 2 atom stereocenters. The maximum absolute atomic E-state index is 12.8. The van der Waals surface area contributed by atoms with Crippen LogP contribution in [0.1, 0.15) is 20.3 Å². The molecule has 0 radical (unpaired) electrons. The fourth-order valence-electron chi connectivity index (χ4n) is 2.78. The third-order valence-electron chi connectivity index (χ3n) is 3.74. The van der Waals surface area contributed by atoms with E-state index < -0.39 is 10.0 Å². The van der Waals surface area contributed by atoms with Gasteiger partial charge in [0.1, 0.15) is 0 Å². The fraction of sp³-hybridized carbons (Fsp3) is 0.600. The predicted octanol–water partition coefficient (Wildman–Crippen LogP) is 1.65. The van der Waals surface area contributed by atoms with Gasteiger partial charge in [-0.3, -0.25) is 0 Å². The average Bonchev–Trinajstić information content (AvgIpc) is 2.70. The number of morpholine rings is 1. The molecule has 2 aliphatic heterocycles. The Hall–Kier alpha value is -1.31. The Morgan fingerprint density at radius 1 is 1.05 bits per heavy atom. The Labute approximate surface area is 131 Å². The van der Waals surface area contributed by atoms with Crippen LogP contribution >= 0.6 is 0 Å². The monoisotopic (exact) mass is 327 g/mol. The van der Waals surface area contributed by atoms with E-state index in [2.05, 4.69) is 0 Å². The Balaban J connectivity index is 1.90. The molecule has 1 aromatic rings. The molecular weight excluding hydrogens is 306 g/mol. The molecule has 2 unspecified atom stereocenters. The molecule has 7 heteroatoms. The number of fused-ring (bicyclic) bond motifs is 1. The maximum Gasteiger partial charge on any atom is 0.243 e. The smallest absolute Gasteiger partial charge is 0.243 e. The van der Waals surface area contributed by atoms with Gasteiger partial charge in [-0.15, -0.1) is 0 Å². The van der Waals surface area contributed by atoms with Gasteiger partial charge in [0.2, 0.25) is 10.0 Å². The van der Waals surface area contributed by atoms with Crippen molar-refractivity contribution in [2.24, 2.45) is 0 Å². The van der Waals surface area contributed by atoms with Crippen molar-refractivity contribution < 1.29 is 22.6 Å². The van der Waals surface area contributed by atoms with Crippen LogP contribution in [-0.4, -0.2) is 51.2 Å². The normalized spacial score (nSPS) is 26.5. The third kappa shape index (κ3) is 3.06. The van der Waals surface area contributed by atoms with Crippen molar-refractivity contribution in [3.8, 4) is 11.5 Å². The molecule has 0 aliphatic carbocycles. The first kappa shape index (κ1) is 15.6. The van der Waals surface area contributed by atoms with Gasteiger partial charge >= 0.3 is 0 Å². The van der Waals surface area contributed by atoms with Gasteiger partial charge in [-0.2, -0.15) is 4.31 Å². The van der Waals surface area contributed by atoms with Gasteiger partial charge in [0.25, 0.3) is 0 Å². The van der Waals surface area contributed by atoms with Crippen molar-refractivity contribution in [2.45, 2.75) is 37.4 Å². The molecule has 0 spiro atoms. The Bertz CT molecular complexity index is 635. The molecule has 0 amide bonds. The molecule has 0 saturated carbocycles. The lowest BCUT2D eigenvalue weighted by atomic mass is 10.3. The molecule has 1 fully saturated rings. The summed E-state index contributed by atoms with van der Waals surface area (Å²) in [7, 11) is -3.56. The first-order valence-electron chi connectivity index (χ1n) is 7.52. The first-order chi connectivity index (χ1) is 10.5. The molecule has 6 nitrogen and oxygen atoms in total. The predicted molar refractivity (Wildman–Crippen MR) is 80.8 cm³/mol. The highest BCUT2D eigenvalue weighted by Crippen LogP contribution is 2.33. The summed E-state index contributed by atoms with van der Waals surface area (Å²) in [6.07, 6.45) is 0.563. The number of ether oxygens (including phenoxy) is 3. The molecule has 122 valence electrons. The van der Waals surface area contributed by atoms with E-state index in [4.69, 9.17) is 14.2 Å². The van der Waals surface area contributed by atoms with Crippen molar-refractivity contribution in [2.75, 3.05) is 26.3 Å². The van der Waals surface area contributed by atoms with Crippen LogP contribution in [0.2, 0.25) is 0 Å². The Kier molecular flexibility index (Phi) is 4.29. The highest BCUT2D eigenvalue weighted by atomic mass is 32.2. The topological polar surface area (TPSA) is 65.1 Å². The Morgan fingerprint density at radius 2 is 1.68 bits per heavy atom. The summed E-state index contributed by atoms with van der Waals surface area (Å²) in [5, 5.41) is 0. The van der Waals surface area contributed by atoms with Gasteiger partial charge in [-0.25, -0.2) is 8.42 Å². The molecule has 2 heterocycles. The van der Waals surface area contributed by atoms with E-state index in [-0.39, 0.29) is 17.1 Å². The largest absolute Gasteiger partial charge is 0.490 e. The molecule has 2 aliphatic rings. The van der Waals surface area contributed by atoms with Crippen molar-refractivity contribution in [1.82, 2.24) is 4.31 Å². The van der Waals surface area contributed by atoms with E-state index >= 15 is 0 Å². The number of benzene rings is 1. The van der Waals surface area contributed by atoms with Crippen LogP contribution in [0.4, 0.5) is 0 Å². The number of sulfonamides is 1. The van der Waals surface area contributed by atoms with Crippen molar-refractivity contribution in [3.05, 3.63) is 18.2 Å². The molecule has 3 rings (SSSR count). The molecule has 22 heavy (non-hydrogen) atoms. The summed E-state index contributed by atoms with van der Waals surface area (Å²) < 4.78 is 43.9. The van der Waals surface area contributed by atoms with E-state index in [0.29, 0.717) is 37.8 Å². The van der Waals surface area contributed by atoms with Crippen LogP contribution in [0.5, 0.6) is 11.5 Å². The summed E-state index contributed by atoms with van der Waals surface area (Å²) in [5.74, 6) is 1.09. The zero-order valence-electron chi connectivity index (χ0n) is 12.8. The van der Waals surface area contributed by atoms with Crippen LogP contribution < -0.4 is 9.47 Å². The van der Waals surface area contributed by atoms with Crippen LogP contribution in [0.25, 0.3) is 0 Å². The van der Waals surface area contributed by atoms with Gasteiger partial charge in [0, 0.05) is 25.6 Å².